The monoisotopic (exact) mass is 556 g/mol. The van der Waals surface area contributed by atoms with Crippen LogP contribution in [0.25, 0.3) is 0 Å². The summed E-state index contributed by atoms with van der Waals surface area (Å²) in [6.45, 7) is 5.74. The van der Waals surface area contributed by atoms with Crippen LogP contribution < -0.4 is 0 Å². The van der Waals surface area contributed by atoms with Gasteiger partial charge in [0.2, 0.25) is 12.2 Å². The van der Waals surface area contributed by atoms with E-state index in [2.05, 4.69) is 4.74 Å². The second kappa shape index (κ2) is 9.65. The topological polar surface area (TPSA) is 89.5 Å². The molecule has 4 rings (SSSR count). The van der Waals surface area contributed by atoms with Gasteiger partial charge in [0.1, 0.15) is 6.10 Å². The molecular weight excluding hydrogens is 530 g/mol. The number of hydrogen-bond donors (Lipinski definition) is 0. The van der Waals surface area contributed by atoms with E-state index in [0.717, 1.165) is 0 Å². The molecule has 0 radical (unpaired) electrons. The van der Waals surface area contributed by atoms with E-state index in [1.165, 1.54) is 31.2 Å². The molecule has 212 valence electrons. The number of ether oxygens (including phenoxy) is 6. The third kappa shape index (κ3) is 5.36. The predicted octanol–water partition coefficient (Wildman–Crippen LogP) is 4.28. The van der Waals surface area contributed by atoms with E-state index in [1.807, 2.05) is 0 Å². The Hall–Kier alpha value is -2.42. The SMILES string of the molecule is CCC(C)(C)C(=O)OC1C(=O)OC2C3OC(C)(c4ccc(COC(C(F)(F)F)C(F)(F)F)cc4)OC3OC12. The van der Waals surface area contributed by atoms with Crippen LogP contribution in [-0.4, -0.2) is 61.1 Å². The van der Waals surface area contributed by atoms with Gasteiger partial charge < -0.3 is 28.4 Å². The molecule has 3 saturated heterocycles. The Morgan fingerprint density at radius 1 is 1.00 bits per heavy atom. The van der Waals surface area contributed by atoms with Crippen molar-refractivity contribution in [3.63, 3.8) is 0 Å². The lowest BCUT2D eigenvalue weighted by atomic mass is 9.90. The number of esters is 2. The Morgan fingerprint density at radius 3 is 2.16 bits per heavy atom. The zero-order valence-electron chi connectivity index (χ0n) is 20.7. The minimum Gasteiger partial charge on any atom is -0.454 e. The highest BCUT2D eigenvalue weighted by Crippen LogP contribution is 2.47. The summed E-state index contributed by atoms with van der Waals surface area (Å²) in [7, 11) is 0. The first-order valence-corrected chi connectivity index (χ1v) is 11.7. The molecule has 0 aliphatic carbocycles. The van der Waals surface area contributed by atoms with Gasteiger partial charge >= 0.3 is 24.3 Å². The fourth-order valence-corrected chi connectivity index (χ4v) is 4.22. The molecule has 3 fully saturated rings. The summed E-state index contributed by atoms with van der Waals surface area (Å²) in [6, 6.07) is 5.34. The number of benzene rings is 1. The molecule has 3 aliphatic rings. The van der Waals surface area contributed by atoms with Crippen LogP contribution in [0.15, 0.2) is 24.3 Å². The first-order valence-electron chi connectivity index (χ1n) is 11.7. The van der Waals surface area contributed by atoms with Crippen LogP contribution in [0, 0.1) is 5.41 Å². The van der Waals surface area contributed by atoms with Crippen LogP contribution in [0.5, 0.6) is 0 Å². The third-order valence-electron chi connectivity index (χ3n) is 6.85. The lowest BCUT2D eigenvalue weighted by Crippen LogP contribution is -2.44. The fourth-order valence-electron chi connectivity index (χ4n) is 4.22. The molecule has 0 spiro atoms. The van der Waals surface area contributed by atoms with Gasteiger partial charge in [0.15, 0.2) is 24.3 Å². The van der Waals surface area contributed by atoms with Crippen LogP contribution in [0.3, 0.4) is 0 Å². The lowest BCUT2D eigenvalue weighted by Gasteiger charge is -2.27. The highest BCUT2D eigenvalue weighted by Gasteiger charge is 2.65. The number of carbonyl (C=O) groups is 2. The van der Waals surface area contributed by atoms with Crippen molar-refractivity contribution in [2.24, 2.45) is 5.41 Å². The molecule has 0 amide bonds. The zero-order valence-corrected chi connectivity index (χ0v) is 20.7. The lowest BCUT2D eigenvalue weighted by molar-refractivity contribution is -0.324. The molecule has 38 heavy (non-hydrogen) atoms. The van der Waals surface area contributed by atoms with Gasteiger partial charge in [-0.25, -0.2) is 4.79 Å². The average molecular weight is 556 g/mol. The molecule has 1 aromatic carbocycles. The van der Waals surface area contributed by atoms with Crippen molar-refractivity contribution in [1.82, 2.24) is 0 Å². The van der Waals surface area contributed by atoms with E-state index in [4.69, 9.17) is 23.7 Å². The van der Waals surface area contributed by atoms with E-state index in [9.17, 15) is 35.9 Å². The molecule has 0 N–H and O–H groups in total. The van der Waals surface area contributed by atoms with E-state index in [-0.39, 0.29) is 5.56 Å². The highest BCUT2D eigenvalue weighted by atomic mass is 19.4. The molecular formula is C24H26F6O8. The maximum atomic E-state index is 12.7. The third-order valence-corrected chi connectivity index (χ3v) is 6.85. The van der Waals surface area contributed by atoms with Crippen molar-refractivity contribution in [1.29, 1.82) is 0 Å². The second-order valence-corrected chi connectivity index (χ2v) is 10.1. The summed E-state index contributed by atoms with van der Waals surface area (Å²) < 4.78 is 109. The van der Waals surface area contributed by atoms with Crippen LogP contribution in [-0.2, 0) is 50.4 Å². The van der Waals surface area contributed by atoms with Crippen molar-refractivity contribution < 1.29 is 64.4 Å². The summed E-state index contributed by atoms with van der Waals surface area (Å²) in [5.74, 6) is -2.81. The van der Waals surface area contributed by atoms with Crippen LogP contribution in [0.4, 0.5) is 26.3 Å². The largest absolute Gasteiger partial charge is 0.454 e. The minimum atomic E-state index is -5.61. The number of fused-ring (bicyclic) bond motifs is 3. The van der Waals surface area contributed by atoms with Crippen molar-refractivity contribution in [2.45, 2.75) is 95.7 Å². The standard InChI is InChI=1S/C24H26F6O8/c1-5-21(2,3)20(32)36-15-13-14(34-17(15)31)16-18(35-13)38-22(4,37-16)12-8-6-11(7-9-12)10-33-19(23(25,26)27)24(28,29)30/h6-9,13-16,18-19H,5,10H2,1-4H3. The molecule has 3 aliphatic heterocycles. The van der Waals surface area contributed by atoms with Gasteiger partial charge in [-0.3, -0.25) is 4.79 Å². The molecule has 3 heterocycles. The summed E-state index contributed by atoms with van der Waals surface area (Å²) in [5, 5.41) is 0. The smallest absolute Gasteiger partial charge is 0.423 e. The van der Waals surface area contributed by atoms with Crippen molar-refractivity contribution in [2.75, 3.05) is 0 Å². The Balaban J connectivity index is 1.40. The number of hydrogen-bond acceptors (Lipinski definition) is 8. The van der Waals surface area contributed by atoms with Gasteiger partial charge in [-0.15, -0.1) is 0 Å². The first kappa shape index (κ1) is 28.6. The normalized spacial score (nSPS) is 31.3. The Kier molecular flexibility index (Phi) is 7.26. The van der Waals surface area contributed by atoms with Gasteiger partial charge in [-0.1, -0.05) is 31.2 Å². The maximum absolute atomic E-state index is 12.7. The summed E-state index contributed by atoms with van der Waals surface area (Å²) in [5.41, 5.74) is -0.401. The Morgan fingerprint density at radius 2 is 1.61 bits per heavy atom. The van der Waals surface area contributed by atoms with E-state index >= 15 is 0 Å². The predicted molar refractivity (Wildman–Crippen MR) is 113 cm³/mol. The molecule has 8 nitrogen and oxygen atoms in total. The summed E-state index contributed by atoms with van der Waals surface area (Å²) in [6.07, 6.45) is -19.7. The van der Waals surface area contributed by atoms with E-state index < -0.39 is 78.9 Å². The van der Waals surface area contributed by atoms with Gasteiger partial charge in [-0.2, -0.15) is 26.3 Å². The van der Waals surface area contributed by atoms with Crippen LogP contribution in [0.2, 0.25) is 0 Å². The molecule has 6 atom stereocenters. The molecule has 0 bridgehead atoms. The van der Waals surface area contributed by atoms with Gasteiger partial charge in [0.05, 0.1) is 12.0 Å². The van der Waals surface area contributed by atoms with Crippen LogP contribution in [0.1, 0.15) is 45.2 Å². The minimum absolute atomic E-state index is 0.0507. The van der Waals surface area contributed by atoms with Gasteiger partial charge in [0, 0.05) is 5.56 Å². The molecule has 14 heteroatoms. The highest BCUT2D eigenvalue weighted by molar-refractivity contribution is 5.84. The quantitative estimate of drug-likeness (QED) is 0.363. The summed E-state index contributed by atoms with van der Waals surface area (Å²) in [4.78, 5) is 24.9. The second-order valence-electron chi connectivity index (χ2n) is 10.1. The van der Waals surface area contributed by atoms with E-state index in [0.29, 0.717) is 12.0 Å². The van der Waals surface area contributed by atoms with Crippen molar-refractivity contribution in [3.8, 4) is 0 Å². The average Bonchev–Trinajstić information content (AvgIpc) is 3.40. The van der Waals surface area contributed by atoms with Crippen LogP contribution >= 0.6 is 0 Å². The van der Waals surface area contributed by atoms with Crippen molar-refractivity contribution >= 4 is 11.9 Å². The summed E-state index contributed by atoms with van der Waals surface area (Å²) >= 11 is 0. The van der Waals surface area contributed by atoms with Gasteiger partial charge in [0.25, 0.3) is 0 Å². The Labute approximate surface area is 213 Å². The van der Waals surface area contributed by atoms with E-state index in [1.54, 1.807) is 20.8 Å². The number of carbonyl (C=O) groups excluding carboxylic acids is 2. The Bertz CT molecular complexity index is 1040. The maximum Gasteiger partial charge on any atom is 0.423 e. The van der Waals surface area contributed by atoms with Gasteiger partial charge in [-0.05, 0) is 32.8 Å². The molecule has 6 unspecified atom stereocenters. The fraction of sp³-hybridized carbons (Fsp3) is 0.667. The molecule has 0 saturated carbocycles. The number of rotatable bonds is 7. The first-order chi connectivity index (χ1) is 17.5. The van der Waals surface area contributed by atoms with Crippen molar-refractivity contribution in [3.05, 3.63) is 35.4 Å². The molecule has 1 aromatic rings. The molecule has 0 aromatic heterocycles. The zero-order chi connectivity index (χ0) is 28.3. The number of alkyl halides is 6. The number of halogens is 6.